The minimum absolute atomic E-state index is 0.0139. The summed E-state index contributed by atoms with van der Waals surface area (Å²) in [5.74, 6) is -1.32. The molecule has 10 nitrogen and oxygen atoms in total. The second-order valence-electron chi connectivity index (χ2n) is 10.2. The highest BCUT2D eigenvalue weighted by atomic mass is 16.3. The van der Waals surface area contributed by atoms with Gasteiger partial charge in [-0.15, -0.1) is 0 Å². The second-order valence-corrected chi connectivity index (χ2v) is 10.2. The molecule has 2 aromatic carbocycles. The van der Waals surface area contributed by atoms with Crippen molar-refractivity contribution in [3.63, 3.8) is 0 Å². The van der Waals surface area contributed by atoms with Gasteiger partial charge in [-0.2, -0.15) is 4.98 Å². The van der Waals surface area contributed by atoms with E-state index in [1.54, 1.807) is 31.3 Å². The maximum absolute atomic E-state index is 12.7. The predicted octanol–water partition coefficient (Wildman–Crippen LogP) is 6.80. The van der Waals surface area contributed by atoms with E-state index in [0.29, 0.717) is 28.4 Å². The number of phenols is 3. The van der Waals surface area contributed by atoms with E-state index in [1.165, 1.54) is 24.6 Å². The number of ketones is 1. The number of phenolic OH excluding ortho intramolecular Hbond substituents is 3. The number of nitrogens with zero attached hydrogens (tertiary/aromatic N) is 3. The van der Waals surface area contributed by atoms with Crippen LogP contribution in [0.25, 0.3) is 33.3 Å². The summed E-state index contributed by atoms with van der Waals surface area (Å²) < 4.78 is 7.95. The summed E-state index contributed by atoms with van der Waals surface area (Å²) in [5, 5.41) is 33.6. The highest BCUT2D eigenvalue weighted by molar-refractivity contribution is 5.98. The molecular formula is C31H32N4O6. The van der Waals surface area contributed by atoms with Crippen LogP contribution >= 0.6 is 0 Å². The molecule has 5 aromatic rings. The van der Waals surface area contributed by atoms with E-state index in [1.807, 2.05) is 10.6 Å². The Morgan fingerprint density at radius 1 is 1.05 bits per heavy atom. The first-order valence-corrected chi connectivity index (χ1v) is 13.7. The molecule has 0 bridgehead atoms. The van der Waals surface area contributed by atoms with Crippen LogP contribution in [0.4, 0.5) is 11.6 Å². The van der Waals surface area contributed by atoms with Gasteiger partial charge in [-0.1, -0.05) is 33.1 Å². The molecule has 0 unspecified atom stereocenters. The number of hydrogen-bond donors (Lipinski definition) is 4. The minimum Gasteiger partial charge on any atom is -0.504 e. The number of rotatable bonds is 5. The number of fused-ring (bicyclic) bond motifs is 2. The summed E-state index contributed by atoms with van der Waals surface area (Å²) in [6.45, 7) is 5.81. The van der Waals surface area contributed by atoms with Crippen molar-refractivity contribution in [1.29, 1.82) is 0 Å². The molecule has 41 heavy (non-hydrogen) atoms. The van der Waals surface area contributed by atoms with Gasteiger partial charge in [0.25, 0.3) is 0 Å². The first kappa shape index (κ1) is 27.7. The predicted molar refractivity (Wildman–Crippen MR) is 157 cm³/mol. The molecule has 3 heterocycles. The Labute approximate surface area is 235 Å². The van der Waals surface area contributed by atoms with Gasteiger partial charge < -0.3 is 29.6 Å². The van der Waals surface area contributed by atoms with E-state index < -0.39 is 17.2 Å². The average Bonchev–Trinajstić information content (AvgIpc) is 3.59. The van der Waals surface area contributed by atoms with Crippen LogP contribution in [0.15, 0.2) is 57.9 Å². The van der Waals surface area contributed by atoms with Gasteiger partial charge in [0.2, 0.25) is 5.95 Å². The summed E-state index contributed by atoms with van der Waals surface area (Å²) in [7, 11) is 0. The Bertz CT molecular complexity index is 1790. The molecule has 1 aliphatic carbocycles. The molecule has 10 heteroatoms. The zero-order valence-corrected chi connectivity index (χ0v) is 23.1. The summed E-state index contributed by atoms with van der Waals surface area (Å²) >= 11 is 0. The second kappa shape index (κ2) is 11.3. The number of anilines is 2. The van der Waals surface area contributed by atoms with Crippen molar-refractivity contribution in [2.75, 3.05) is 5.32 Å². The minimum atomic E-state index is -0.658. The number of carbonyl (C=O) groups is 1. The van der Waals surface area contributed by atoms with E-state index in [2.05, 4.69) is 24.1 Å². The Morgan fingerprint density at radius 2 is 1.73 bits per heavy atom. The van der Waals surface area contributed by atoms with Crippen LogP contribution < -0.4 is 10.7 Å². The van der Waals surface area contributed by atoms with Gasteiger partial charge in [0.15, 0.2) is 28.5 Å². The number of benzene rings is 2. The summed E-state index contributed by atoms with van der Waals surface area (Å²) in [5.41, 5.74) is 2.06. The molecule has 212 valence electrons. The monoisotopic (exact) mass is 556 g/mol. The highest BCUT2D eigenvalue weighted by Crippen LogP contribution is 2.39. The average molecular weight is 557 g/mol. The lowest BCUT2D eigenvalue weighted by atomic mass is 10.1. The lowest BCUT2D eigenvalue weighted by Crippen LogP contribution is -2.12. The zero-order valence-electron chi connectivity index (χ0n) is 23.1. The lowest BCUT2D eigenvalue weighted by molar-refractivity contribution is 0.100. The van der Waals surface area contributed by atoms with E-state index in [0.717, 1.165) is 31.1 Å². The Balaban J connectivity index is 0.00000108. The van der Waals surface area contributed by atoms with Crippen LogP contribution in [0.2, 0.25) is 0 Å². The van der Waals surface area contributed by atoms with Gasteiger partial charge >= 0.3 is 0 Å². The van der Waals surface area contributed by atoms with E-state index in [9.17, 15) is 24.9 Å². The fourth-order valence-electron chi connectivity index (χ4n) is 5.12. The third kappa shape index (κ3) is 5.45. The molecule has 0 atom stereocenters. The largest absolute Gasteiger partial charge is 0.504 e. The standard InChI is InChI=1S/C28H24N4O6.C3H8/c1-14(33)20-8-16-13-29-28(31-27(16)32(20)18-4-2-3-5-18)30-17-6-7-19-21(34)12-24(38-25(19)11-17)15-9-22(35)26(37)23(36)10-15;1-3-2/h6-13,18,35-37H,2-5H2,1H3,(H,29,30,31);3H2,1-2H3. The molecule has 1 aliphatic rings. The van der Waals surface area contributed by atoms with E-state index in [4.69, 9.17) is 9.40 Å². The van der Waals surface area contributed by atoms with Crippen LogP contribution in [0.5, 0.6) is 17.2 Å². The first-order valence-electron chi connectivity index (χ1n) is 13.7. The van der Waals surface area contributed by atoms with Crippen molar-refractivity contribution in [2.45, 2.75) is 58.9 Å². The van der Waals surface area contributed by atoms with E-state index >= 15 is 0 Å². The van der Waals surface area contributed by atoms with Crippen LogP contribution in [-0.2, 0) is 0 Å². The molecule has 1 fully saturated rings. The van der Waals surface area contributed by atoms with Crippen molar-refractivity contribution in [3.8, 4) is 28.6 Å². The maximum atomic E-state index is 12.7. The Morgan fingerprint density at radius 3 is 2.39 bits per heavy atom. The number of aromatic nitrogens is 3. The van der Waals surface area contributed by atoms with Crippen LogP contribution in [0, 0.1) is 0 Å². The number of Topliss-reactive ketones (excluding diaryl/α,β-unsaturated/α-hetero) is 1. The molecule has 0 saturated heterocycles. The number of aromatic hydroxyl groups is 3. The number of hydrogen-bond acceptors (Lipinski definition) is 9. The maximum Gasteiger partial charge on any atom is 0.229 e. The third-order valence-electron chi connectivity index (χ3n) is 6.97. The zero-order chi connectivity index (χ0) is 29.3. The van der Waals surface area contributed by atoms with Crippen LogP contribution in [0.3, 0.4) is 0 Å². The highest BCUT2D eigenvalue weighted by Gasteiger charge is 2.24. The Kier molecular flexibility index (Phi) is 7.65. The Hall–Kier alpha value is -4.86. The first-order chi connectivity index (χ1) is 19.7. The number of carbonyl (C=O) groups excluding carboxylic acids is 1. The third-order valence-corrected chi connectivity index (χ3v) is 6.97. The molecule has 3 aromatic heterocycles. The molecule has 4 N–H and O–H groups in total. The van der Waals surface area contributed by atoms with Gasteiger partial charge in [-0.25, -0.2) is 4.98 Å². The van der Waals surface area contributed by atoms with Gasteiger partial charge in [-0.05, 0) is 43.2 Å². The fraction of sp³-hybridized carbons (Fsp3) is 0.290. The van der Waals surface area contributed by atoms with E-state index in [-0.39, 0.29) is 34.2 Å². The normalized spacial score (nSPS) is 13.3. The fourth-order valence-corrected chi connectivity index (χ4v) is 5.12. The number of nitrogens with one attached hydrogen (secondary N) is 1. The quantitative estimate of drug-likeness (QED) is 0.135. The lowest BCUT2D eigenvalue weighted by Gasteiger charge is -2.16. The van der Waals surface area contributed by atoms with Gasteiger partial charge in [0.1, 0.15) is 17.0 Å². The SMILES string of the molecule is CC(=O)c1cc2cnc(Nc3ccc4c(=O)cc(-c5cc(O)c(O)c(O)c5)oc4c3)nc2n1C1CCCC1.CCC. The molecule has 6 rings (SSSR count). The van der Waals surface area contributed by atoms with Gasteiger partial charge in [-0.3, -0.25) is 9.59 Å². The molecule has 0 aliphatic heterocycles. The molecule has 0 amide bonds. The van der Waals surface area contributed by atoms with Gasteiger partial charge in [0.05, 0.1) is 11.1 Å². The van der Waals surface area contributed by atoms with Crippen LogP contribution in [0.1, 0.15) is 69.4 Å². The van der Waals surface area contributed by atoms with Crippen molar-refractivity contribution in [1.82, 2.24) is 14.5 Å². The van der Waals surface area contributed by atoms with Crippen molar-refractivity contribution in [2.24, 2.45) is 0 Å². The molecular weight excluding hydrogens is 524 g/mol. The van der Waals surface area contributed by atoms with Gasteiger partial charge in [0, 0.05) is 47.9 Å². The summed E-state index contributed by atoms with van der Waals surface area (Å²) in [6, 6.07) is 10.7. The van der Waals surface area contributed by atoms with Crippen molar-refractivity contribution in [3.05, 3.63) is 64.6 Å². The molecule has 0 radical (unpaired) electrons. The molecule has 0 spiro atoms. The summed E-state index contributed by atoms with van der Waals surface area (Å²) in [4.78, 5) is 34.2. The smallest absolute Gasteiger partial charge is 0.229 e. The summed E-state index contributed by atoms with van der Waals surface area (Å²) in [6.07, 6.45) is 7.17. The van der Waals surface area contributed by atoms with Crippen LogP contribution in [-0.4, -0.2) is 35.6 Å². The van der Waals surface area contributed by atoms with Crippen molar-refractivity contribution < 1.29 is 24.5 Å². The van der Waals surface area contributed by atoms with Crippen molar-refractivity contribution >= 4 is 39.4 Å². The topological polar surface area (TPSA) is 151 Å². The molecule has 1 saturated carbocycles.